The first kappa shape index (κ1) is 18.1. The molecule has 4 heteroatoms. The van der Waals surface area contributed by atoms with Crippen LogP contribution in [0.5, 0.6) is 11.5 Å². The van der Waals surface area contributed by atoms with Crippen molar-refractivity contribution in [3.05, 3.63) is 90.3 Å². The average molecular weight is 347 g/mol. The van der Waals surface area contributed by atoms with Gasteiger partial charge in [0.25, 0.3) is 0 Å². The summed E-state index contributed by atoms with van der Waals surface area (Å²) in [6, 6.07) is 22.3. The predicted molar refractivity (Wildman–Crippen MR) is 105 cm³/mol. The number of ether oxygens (including phenoxy) is 1. The van der Waals surface area contributed by atoms with Gasteiger partial charge in [0.05, 0.1) is 0 Å². The summed E-state index contributed by atoms with van der Waals surface area (Å²) in [7, 11) is 0. The van der Waals surface area contributed by atoms with Crippen LogP contribution in [0, 0.1) is 0 Å². The van der Waals surface area contributed by atoms with E-state index in [0.29, 0.717) is 6.54 Å². The first-order chi connectivity index (χ1) is 12.8. The van der Waals surface area contributed by atoms with Crippen LogP contribution in [0.4, 0.5) is 0 Å². The molecular formula is C22H25N3O. The Bertz CT molecular complexity index is 778. The summed E-state index contributed by atoms with van der Waals surface area (Å²) in [5.41, 5.74) is 8.20. The Labute approximate surface area is 155 Å². The second kappa shape index (κ2) is 9.70. The van der Waals surface area contributed by atoms with Crippen molar-refractivity contribution in [1.29, 1.82) is 0 Å². The quantitative estimate of drug-likeness (QED) is 0.629. The van der Waals surface area contributed by atoms with Crippen LogP contribution in [0.1, 0.15) is 17.5 Å². The highest BCUT2D eigenvalue weighted by Crippen LogP contribution is 2.22. The Hall–Kier alpha value is -2.69. The lowest BCUT2D eigenvalue weighted by molar-refractivity contribution is 0.254. The lowest BCUT2D eigenvalue weighted by Crippen LogP contribution is -2.25. The van der Waals surface area contributed by atoms with Crippen LogP contribution in [-0.2, 0) is 13.1 Å². The first-order valence-electron chi connectivity index (χ1n) is 8.96. The zero-order chi connectivity index (χ0) is 18.0. The molecule has 134 valence electrons. The summed E-state index contributed by atoms with van der Waals surface area (Å²) in [6.07, 6.45) is 4.65. The van der Waals surface area contributed by atoms with Crippen molar-refractivity contribution in [2.75, 3.05) is 13.1 Å². The van der Waals surface area contributed by atoms with Crippen molar-refractivity contribution in [2.24, 2.45) is 5.73 Å². The standard InChI is InChI=1S/C22H25N3O/c23-12-5-15-25(17-19-10-13-24-14-11-19)18-20-6-4-9-22(16-20)26-21-7-2-1-3-8-21/h1-4,6-11,13-14,16H,5,12,15,17-18,23H2. The number of rotatable bonds is 9. The van der Waals surface area contributed by atoms with Crippen molar-refractivity contribution >= 4 is 0 Å². The second-order valence-electron chi connectivity index (χ2n) is 6.27. The largest absolute Gasteiger partial charge is 0.457 e. The Kier molecular flexibility index (Phi) is 6.76. The molecule has 0 aliphatic rings. The number of hydrogen-bond donors (Lipinski definition) is 1. The van der Waals surface area contributed by atoms with Crippen LogP contribution in [0.25, 0.3) is 0 Å². The van der Waals surface area contributed by atoms with E-state index in [1.54, 1.807) is 0 Å². The van der Waals surface area contributed by atoms with Gasteiger partial charge in [-0.3, -0.25) is 9.88 Å². The Morgan fingerprint density at radius 2 is 1.54 bits per heavy atom. The van der Waals surface area contributed by atoms with Gasteiger partial charge in [-0.2, -0.15) is 0 Å². The van der Waals surface area contributed by atoms with Gasteiger partial charge in [0.1, 0.15) is 11.5 Å². The van der Waals surface area contributed by atoms with Gasteiger partial charge in [-0.25, -0.2) is 0 Å². The molecule has 0 saturated carbocycles. The number of nitrogens with two attached hydrogens (primary N) is 1. The summed E-state index contributed by atoms with van der Waals surface area (Å²) in [5.74, 6) is 1.71. The van der Waals surface area contributed by atoms with Crippen molar-refractivity contribution in [3.63, 3.8) is 0 Å². The van der Waals surface area contributed by atoms with E-state index in [1.165, 1.54) is 11.1 Å². The molecule has 1 heterocycles. The zero-order valence-electron chi connectivity index (χ0n) is 14.9. The van der Waals surface area contributed by atoms with Gasteiger partial charge in [0.15, 0.2) is 0 Å². The SMILES string of the molecule is NCCCN(Cc1ccncc1)Cc1cccc(Oc2ccccc2)c1. The number of benzene rings is 2. The van der Waals surface area contributed by atoms with Crippen LogP contribution >= 0.6 is 0 Å². The minimum atomic E-state index is 0.698. The molecule has 0 bridgehead atoms. The fourth-order valence-electron chi connectivity index (χ4n) is 2.87. The van der Waals surface area contributed by atoms with Crippen molar-refractivity contribution in [2.45, 2.75) is 19.5 Å². The van der Waals surface area contributed by atoms with Gasteiger partial charge in [0, 0.05) is 32.0 Å². The van der Waals surface area contributed by atoms with Crippen LogP contribution in [0.2, 0.25) is 0 Å². The maximum atomic E-state index is 5.95. The van der Waals surface area contributed by atoms with Crippen molar-refractivity contribution in [1.82, 2.24) is 9.88 Å². The molecule has 3 rings (SSSR count). The minimum Gasteiger partial charge on any atom is -0.457 e. The van der Waals surface area contributed by atoms with Crippen LogP contribution in [-0.4, -0.2) is 23.0 Å². The van der Waals surface area contributed by atoms with Gasteiger partial charge in [-0.05, 0) is 60.5 Å². The summed E-state index contributed by atoms with van der Waals surface area (Å²) in [6.45, 7) is 3.40. The molecule has 0 spiro atoms. The molecule has 0 fully saturated rings. The van der Waals surface area contributed by atoms with Gasteiger partial charge in [0.2, 0.25) is 0 Å². The molecule has 26 heavy (non-hydrogen) atoms. The highest BCUT2D eigenvalue weighted by atomic mass is 16.5. The zero-order valence-corrected chi connectivity index (χ0v) is 14.9. The molecule has 1 aromatic heterocycles. The molecule has 0 saturated heterocycles. The summed E-state index contributed by atoms with van der Waals surface area (Å²) < 4.78 is 5.95. The van der Waals surface area contributed by atoms with E-state index in [2.05, 4.69) is 34.1 Å². The van der Waals surface area contributed by atoms with Crippen molar-refractivity contribution < 1.29 is 4.74 Å². The third-order valence-corrected chi connectivity index (χ3v) is 4.12. The normalized spacial score (nSPS) is 10.8. The highest BCUT2D eigenvalue weighted by molar-refractivity contribution is 5.33. The molecule has 4 nitrogen and oxygen atoms in total. The lowest BCUT2D eigenvalue weighted by Gasteiger charge is -2.22. The van der Waals surface area contributed by atoms with E-state index in [-0.39, 0.29) is 0 Å². The molecule has 0 amide bonds. The van der Waals surface area contributed by atoms with E-state index >= 15 is 0 Å². The summed E-state index contributed by atoms with van der Waals surface area (Å²) in [4.78, 5) is 6.50. The van der Waals surface area contributed by atoms with Gasteiger partial charge >= 0.3 is 0 Å². The number of nitrogens with zero attached hydrogens (tertiary/aromatic N) is 2. The molecule has 3 aromatic rings. The molecule has 2 aromatic carbocycles. The van der Waals surface area contributed by atoms with E-state index in [1.807, 2.05) is 54.9 Å². The molecule has 0 aliphatic carbocycles. The smallest absolute Gasteiger partial charge is 0.127 e. The number of hydrogen-bond acceptors (Lipinski definition) is 4. The third-order valence-electron chi connectivity index (χ3n) is 4.12. The van der Waals surface area contributed by atoms with E-state index < -0.39 is 0 Å². The highest BCUT2D eigenvalue weighted by Gasteiger charge is 2.08. The monoisotopic (exact) mass is 347 g/mol. The molecule has 0 aliphatic heterocycles. The van der Waals surface area contributed by atoms with Crippen molar-refractivity contribution in [3.8, 4) is 11.5 Å². The number of pyridine rings is 1. The molecule has 0 unspecified atom stereocenters. The van der Waals surface area contributed by atoms with Crippen LogP contribution < -0.4 is 10.5 Å². The minimum absolute atomic E-state index is 0.698. The van der Waals surface area contributed by atoms with Crippen LogP contribution in [0.15, 0.2) is 79.1 Å². The first-order valence-corrected chi connectivity index (χ1v) is 8.96. The summed E-state index contributed by atoms with van der Waals surface area (Å²) >= 11 is 0. The maximum Gasteiger partial charge on any atom is 0.127 e. The topological polar surface area (TPSA) is 51.4 Å². The predicted octanol–water partition coefficient (Wildman–Crippen LogP) is 4.22. The van der Waals surface area contributed by atoms with E-state index in [4.69, 9.17) is 10.5 Å². The fourth-order valence-corrected chi connectivity index (χ4v) is 2.87. The van der Waals surface area contributed by atoms with E-state index in [0.717, 1.165) is 37.6 Å². The number of aromatic nitrogens is 1. The Balaban J connectivity index is 1.68. The molecule has 2 N–H and O–H groups in total. The Morgan fingerprint density at radius 1 is 0.808 bits per heavy atom. The third kappa shape index (κ3) is 5.69. The molecular weight excluding hydrogens is 322 g/mol. The average Bonchev–Trinajstić information content (AvgIpc) is 2.68. The van der Waals surface area contributed by atoms with E-state index in [9.17, 15) is 0 Å². The van der Waals surface area contributed by atoms with Crippen LogP contribution in [0.3, 0.4) is 0 Å². The van der Waals surface area contributed by atoms with Gasteiger partial charge in [-0.15, -0.1) is 0 Å². The second-order valence-corrected chi connectivity index (χ2v) is 6.27. The maximum absolute atomic E-state index is 5.95. The van der Waals surface area contributed by atoms with Gasteiger partial charge in [-0.1, -0.05) is 30.3 Å². The fraction of sp³-hybridized carbons (Fsp3) is 0.227. The molecule has 0 atom stereocenters. The summed E-state index contributed by atoms with van der Waals surface area (Å²) in [5, 5.41) is 0. The number of para-hydroxylation sites is 1. The van der Waals surface area contributed by atoms with Gasteiger partial charge < -0.3 is 10.5 Å². The Morgan fingerprint density at radius 3 is 2.31 bits per heavy atom. The molecule has 0 radical (unpaired) electrons. The lowest BCUT2D eigenvalue weighted by atomic mass is 10.1.